The van der Waals surface area contributed by atoms with E-state index in [-0.39, 0.29) is 18.0 Å². The van der Waals surface area contributed by atoms with Crippen LogP contribution in [-0.4, -0.2) is 70.2 Å². The van der Waals surface area contributed by atoms with E-state index in [1.165, 1.54) is 50.1 Å². The lowest BCUT2D eigenvalue weighted by Crippen LogP contribution is -2.39. The minimum Gasteiger partial charge on any atom is -0.364 e. The third kappa shape index (κ3) is 6.76. The number of carbonyl (C=O) groups is 1. The lowest BCUT2D eigenvalue weighted by Gasteiger charge is -2.27. The molecule has 1 amide bonds. The van der Waals surface area contributed by atoms with Crippen molar-refractivity contribution in [1.29, 1.82) is 0 Å². The Morgan fingerprint density at radius 2 is 1.83 bits per heavy atom. The van der Waals surface area contributed by atoms with Crippen molar-refractivity contribution in [2.75, 3.05) is 43.4 Å². The van der Waals surface area contributed by atoms with E-state index in [2.05, 4.69) is 55.4 Å². The van der Waals surface area contributed by atoms with Crippen LogP contribution in [0.1, 0.15) is 59.8 Å². The molecular weight excluding hydrogens is 470 g/mol. The normalized spacial score (nSPS) is 16.0. The third-order valence-electron chi connectivity index (χ3n) is 6.59. The van der Waals surface area contributed by atoms with Crippen LogP contribution in [0.5, 0.6) is 0 Å². The molecule has 2 N–H and O–H groups in total. The van der Waals surface area contributed by atoms with Crippen LogP contribution in [0.4, 0.5) is 10.9 Å². The first-order valence-electron chi connectivity index (χ1n) is 13.2. The van der Waals surface area contributed by atoms with Crippen LogP contribution >= 0.6 is 11.3 Å². The van der Waals surface area contributed by atoms with Gasteiger partial charge in [-0.15, -0.1) is 5.10 Å². The van der Waals surface area contributed by atoms with Gasteiger partial charge in [-0.2, -0.15) is 4.52 Å². The van der Waals surface area contributed by atoms with Crippen LogP contribution < -0.4 is 15.5 Å². The first kappa shape index (κ1) is 26.4. The van der Waals surface area contributed by atoms with Crippen LogP contribution in [0, 0.1) is 0 Å². The van der Waals surface area contributed by atoms with Crippen molar-refractivity contribution in [2.45, 2.75) is 71.4 Å². The van der Waals surface area contributed by atoms with Gasteiger partial charge in [0.05, 0.1) is 6.54 Å². The van der Waals surface area contributed by atoms with E-state index in [1.807, 2.05) is 34.7 Å². The third-order valence-corrected chi connectivity index (χ3v) is 7.61. The molecule has 196 valence electrons. The van der Waals surface area contributed by atoms with E-state index in [0.29, 0.717) is 12.6 Å². The molecule has 2 aromatic heterocycles. The summed E-state index contributed by atoms with van der Waals surface area (Å²) < 4.78 is 1.87. The summed E-state index contributed by atoms with van der Waals surface area (Å²) in [6.45, 7) is 12.0. The van der Waals surface area contributed by atoms with Gasteiger partial charge in [-0.05, 0) is 60.0 Å². The number of nitrogens with zero attached hydrogens (tertiary/aromatic N) is 5. The quantitative estimate of drug-likeness (QED) is 0.427. The van der Waals surface area contributed by atoms with Crippen molar-refractivity contribution in [3.63, 3.8) is 0 Å². The Labute approximate surface area is 219 Å². The highest BCUT2D eigenvalue weighted by atomic mass is 32.1. The highest BCUT2D eigenvalue weighted by Crippen LogP contribution is 2.34. The second kappa shape index (κ2) is 11.6. The molecule has 0 saturated carbocycles. The Bertz CT molecular complexity index is 1130. The summed E-state index contributed by atoms with van der Waals surface area (Å²) in [6, 6.07) is 10.7. The molecule has 3 aromatic rings. The molecule has 9 heteroatoms. The zero-order chi connectivity index (χ0) is 25.7. The molecular formula is C27H41N7OS. The predicted molar refractivity (Wildman–Crippen MR) is 150 cm³/mol. The first-order chi connectivity index (χ1) is 17.2. The van der Waals surface area contributed by atoms with Gasteiger partial charge in [-0.3, -0.25) is 4.79 Å². The largest absolute Gasteiger partial charge is 0.364 e. The van der Waals surface area contributed by atoms with E-state index in [9.17, 15) is 4.79 Å². The Kier molecular flexibility index (Phi) is 8.51. The van der Waals surface area contributed by atoms with Crippen LogP contribution in [0.15, 0.2) is 30.3 Å². The minimum atomic E-state index is -0.153. The molecule has 0 unspecified atom stereocenters. The molecule has 1 saturated heterocycles. The van der Waals surface area contributed by atoms with Crippen molar-refractivity contribution < 1.29 is 4.79 Å². The second-order valence-electron chi connectivity index (χ2n) is 10.9. The number of fused-ring (bicyclic) bond motifs is 1. The number of likely N-dealkylation sites (tertiary alicyclic amines) is 1. The van der Waals surface area contributed by atoms with Gasteiger partial charge >= 0.3 is 0 Å². The number of aromatic nitrogens is 3. The molecule has 1 aliphatic heterocycles. The van der Waals surface area contributed by atoms with E-state index in [1.54, 1.807) is 0 Å². The monoisotopic (exact) mass is 511 g/mol. The van der Waals surface area contributed by atoms with Crippen molar-refractivity contribution in [1.82, 2.24) is 24.8 Å². The molecule has 0 bridgehead atoms. The van der Waals surface area contributed by atoms with Crippen molar-refractivity contribution in [3.05, 3.63) is 30.3 Å². The topological polar surface area (TPSA) is 77.8 Å². The average Bonchev–Trinajstić information content (AvgIpc) is 3.25. The molecule has 8 nitrogen and oxygen atoms in total. The number of amides is 1. The van der Waals surface area contributed by atoms with Crippen LogP contribution in [0.2, 0.25) is 0 Å². The maximum Gasteiger partial charge on any atom is 0.239 e. The number of carbonyl (C=O) groups excluding carboxylic acids is 1. The molecule has 0 spiro atoms. The van der Waals surface area contributed by atoms with Crippen LogP contribution in [-0.2, 0) is 4.79 Å². The summed E-state index contributed by atoms with van der Waals surface area (Å²) in [5.41, 5.74) is 1.78. The zero-order valence-electron chi connectivity index (χ0n) is 22.4. The number of likely N-dealkylation sites (N-methyl/N-ethyl adjacent to an activating group) is 1. The van der Waals surface area contributed by atoms with E-state index < -0.39 is 0 Å². The average molecular weight is 512 g/mol. The summed E-state index contributed by atoms with van der Waals surface area (Å²) in [6.07, 6.45) is 6.24. The fraction of sp³-hybridized carbons (Fsp3) is 0.593. The van der Waals surface area contributed by atoms with Crippen molar-refractivity contribution >= 4 is 33.2 Å². The minimum absolute atomic E-state index is 0.0198. The number of hydrogen-bond acceptors (Lipinski definition) is 7. The van der Waals surface area contributed by atoms with Gasteiger partial charge in [-0.25, -0.2) is 4.98 Å². The smallest absolute Gasteiger partial charge is 0.239 e. The molecule has 4 rings (SSSR count). The molecule has 0 aliphatic carbocycles. The lowest BCUT2D eigenvalue weighted by atomic mass is 10.1. The van der Waals surface area contributed by atoms with Crippen molar-refractivity contribution in [3.8, 4) is 11.3 Å². The first-order valence-corrected chi connectivity index (χ1v) is 14.0. The summed E-state index contributed by atoms with van der Waals surface area (Å²) >= 11 is 1.49. The maximum atomic E-state index is 12.7. The Morgan fingerprint density at radius 3 is 2.50 bits per heavy atom. The van der Waals surface area contributed by atoms with E-state index in [0.717, 1.165) is 33.6 Å². The standard InChI is InChI=1S/C27H41N7OS/c1-20(33-17-11-6-7-12-18-33)15-16-28-22(35)19-32(5)26-31-34-24(30-27(2,3)4)23(29-25(34)36-26)21-13-9-8-10-14-21/h8-10,13-14,20,30H,6-7,11-12,15-19H2,1-5H3,(H,28,35)/t20-/m0/s1. The second-order valence-corrected chi connectivity index (χ2v) is 11.9. The van der Waals surface area contributed by atoms with Crippen LogP contribution in [0.3, 0.4) is 0 Å². The summed E-state index contributed by atoms with van der Waals surface area (Å²) in [5.74, 6) is 0.887. The number of imidazole rings is 1. The van der Waals surface area contributed by atoms with Gasteiger partial charge in [0.2, 0.25) is 16.0 Å². The van der Waals surface area contributed by atoms with Crippen LogP contribution in [0.25, 0.3) is 16.2 Å². The molecule has 1 aliphatic rings. The molecule has 1 atom stereocenters. The number of nitrogens with one attached hydrogen (secondary N) is 2. The Hall–Kier alpha value is -2.65. The summed E-state index contributed by atoms with van der Waals surface area (Å²) in [4.78, 5) is 22.8. The molecule has 1 aromatic carbocycles. The summed E-state index contributed by atoms with van der Waals surface area (Å²) in [5, 5.41) is 12.3. The Morgan fingerprint density at radius 1 is 1.14 bits per heavy atom. The van der Waals surface area contributed by atoms with Crippen molar-refractivity contribution in [2.24, 2.45) is 0 Å². The highest BCUT2D eigenvalue weighted by molar-refractivity contribution is 7.20. The van der Waals surface area contributed by atoms with Gasteiger partial charge in [0.1, 0.15) is 5.69 Å². The molecule has 1 fully saturated rings. The maximum absolute atomic E-state index is 12.7. The van der Waals surface area contributed by atoms with Gasteiger partial charge in [-0.1, -0.05) is 54.5 Å². The molecule has 0 radical (unpaired) electrons. The summed E-state index contributed by atoms with van der Waals surface area (Å²) in [7, 11) is 1.91. The molecule has 36 heavy (non-hydrogen) atoms. The Balaban J connectivity index is 1.39. The van der Waals surface area contributed by atoms with Gasteiger partial charge in [0.15, 0.2) is 5.82 Å². The highest BCUT2D eigenvalue weighted by Gasteiger charge is 2.23. The number of benzene rings is 1. The van der Waals surface area contributed by atoms with Gasteiger partial charge < -0.3 is 20.4 Å². The van der Waals surface area contributed by atoms with Gasteiger partial charge in [0.25, 0.3) is 0 Å². The fourth-order valence-corrected chi connectivity index (χ4v) is 5.50. The van der Waals surface area contributed by atoms with Gasteiger partial charge in [0, 0.05) is 30.7 Å². The van der Waals surface area contributed by atoms with E-state index in [4.69, 9.17) is 10.1 Å². The SMILES string of the molecule is C[C@@H](CCNC(=O)CN(C)c1nn2c(NC(C)(C)C)c(-c3ccccc3)nc2s1)N1CCCCCC1. The number of anilines is 2. The lowest BCUT2D eigenvalue weighted by molar-refractivity contribution is -0.119. The van der Waals surface area contributed by atoms with E-state index >= 15 is 0 Å². The molecule has 3 heterocycles. The number of rotatable bonds is 9. The number of hydrogen-bond donors (Lipinski definition) is 2. The predicted octanol–water partition coefficient (Wildman–Crippen LogP) is 4.88. The fourth-order valence-electron chi connectivity index (χ4n) is 4.64. The zero-order valence-corrected chi connectivity index (χ0v) is 23.2.